The first kappa shape index (κ1) is 14.0. The Kier molecular flexibility index (Phi) is 4.93. The van der Waals surface area contributed by atoms with Gasteiger partial charge in [-0.15, -0.1) is 0 Å². The van der Waals surface area contributed by atoms with Crippen molar-refractivity contribution in [3.8, 4) is 0 Å². The summed E-state index contributed by atoms with van der Waals surface area (Å²) in [6, 6.07) is 0. The topological polar surface area (TPSA) is 56.6 Å². The molecule has 0 N–H and O–H groups in total. The molecule has 6 heteroatoms. The maximum Gasteiger partial charge on any atom is 0.341 e. The van der Waals surface area contributed by atoms with Gasteiger partial charge in [-0.25, -0.2) is 4.79 Å². The predicted molar refractivity (Wildman–Crippen MR) is 70.0 cm³/mol. The van der Waals surface area contributed by atoms with Crippen LogP contribution in [0.2, 0.25) is 0 Å². The fourth-order valence-electron chi connectivity index (χ4n) is 2.17. The number of aromatic nitrogens is 2. The molecule has 0 amide bonds. The zero-order valence-electron chi connectivity index (χ0n) is 11.5. The first-order valence-corrected chi connectivity index (χ1v) is 6.76. The number of hydrogen-bond acceptors (Lipinski definition) is 5. The SMILES string of the molecule is CCOC(=O)c1cnn(CC2CN(CC)CCO2)c1. The lowest BCUT2D eigenvalue weighted by Crippen LogP contribution is -2.44. The molecule has 2 heterocycles. The number of morpholine rings is 1. The average molecular weight is 267 g/mol. The van der Waals surface area contributed by atoms with E-state index in [1.807, 2.05) is 0 Å². The molecule has 1 unspecified atom stereocenters. The van der Waals surface area contributed by atoms with Crippen LogP contribution >= 0.6 is 0 Å². The summed E-state index contributed by atoms with van der Waals surface area (Å²) in [4.78, 5) is 13.9. The maximum atomic E-state index is 11.5. The quantitative estimate of drug-likeness (QED) is 0.738. The van der Waals surface area contributed by atoms with E-state index >= 15 is 0 Å². The minimum absolute atomic E-state index is 0.128. The second-order valence-corrected chi connectivity index (χ2v) is 4.56. The fraction of sp³-hybridized carbons (Fsp3) is 0.692. The summed E-state index contributed by atoms with van der Waals surface area (Å²) >= 11 is 0. The Morgan fingerprint density at radius 2 is 2.42 bits per heavy atom. The number of carbonyl (C=O) groups is 1. The van der Waals surface area contributed by atoms with Crippen molar-refractivity contribution >= 4 is 5.97 Å². The van der Waals surface area contributed by atoms with Gasteiger partial charge in [-0.1, -0.05) is 6.92 Å². The van der Waals surface area contributed by atoms with Crippen LogP contribution in [0.15, 0.2) is 12.4 Å². The standard InChI is InChI=1S/C13H21N3O3/c1-3-15-5-6-19-12(9-15)10-16-8-11(7-14-16)13(17)18-4-2/h7-8,12H,3-6,9-10H2,1-2H3. The van der Waals surface area contributed by atoms with Gasteiger partial charge in [0, 0.05) is 19.3 Å². The Balaban J connectivity index is 1.90. The number of carbonyl (C=O) groups excluding carboxylic acids is 1. The van der Waals surface area contributed by atoms with Crippen molar-refractivity contribution in [1.82, 2.24) is 14.7 Å². The number of ether oxygens (including phenoxy) is 2. The van der Waals surface area contributed by atoms with Crippen molar-refractivity contribution in [3.63, 3.8) is 0 Å². The normalized spacial score (nSPS) is 20.4. The molecule has 1 atom stereocenters. The van der Waals surface area contributed by atoms with Gasteiger partial charge in [0.15, 0.2) is 0 Å². The Bertz CT molecular complexity index is 419. The third-order valence-corrected chi connectivity index (χ3v) is 3.21. The minimum Gasteiger partial charge on any atom is -0.462 e. The average Bonchev–Trinajstić information content (AvgIpc) is 2.88. The van der Waals surface area contributed by atoms with Crippen molar-refractivity contribution < 1.29 is 14.3 Å². The van der Waals surface area contributed by atoms with Gasteiger partial charge in [-0.05, 0) is 13.5 Å². The van der Waals surface area contributed by atoms with E-state index in [1.54, 1.807) is 24.0 Å². The summed E-state index contributed by atoms with van der Waals surface area (Å²) in [5.74, 6) is -0.325. The Morgan fingerprint density at radius 1 is 1.58 bits per heavy atom. The smallest absolute Gasteiger partial charge is 0.341 e. The van der Waals surface area contributed by atoms with Gasteiger partial charge in [0.1, 0.15) is 0 Å². The molecule has 0 spiro atoms. The van der Waals surface area contributed by atoms with Crippen LogP contribution in [0.1, 0.15) is 24.2 Å². The molecule has 1 aromatic rings. The zero-order valence-corrected chi connectivity index (χ0v) is 11.5. The highest BCUT2D eigenvalue weighted by molar-refractivity contribution is 5.88. The van der Waals surface area contributed by atoms with E-state index < -0.39 is 0 Å². The van der Waals surface area contributed by atoms with Crippen molar-refractivity contribution in [2.24, 2.45) is 0 Å². The molecule has 1 aromatic heterocycles. The third kappa shape index (κ3) is 3.78. The number of rotatable bonds is 5. The number of nitrogens with zero attached hydrogens (tertiary/aromatic N) is 3. The molecule has 0 bridgehead atoms. The largest absolute Gasteiger partial charge is 0.462 e. The molecular weight excluding hydrogens is 246 g/mol. The molecular formula is C13H21N3O3. The zero-order chi connectivity index (χ0) is 13.7. The van der Waals surface area contributed by atoms with E-state index in [0.29, 0.717) is 18.7 Å². The first-order chi connectivity index (χ1) is 9.22. The van der Waals surface area contributed by atoms with Gasteiger partial charge in [-0.2, -0.15) is 5.10 Å². The van der Waals surface area contributed by atoms with Crippen molar-refractivity contribution in [3.05, 3.63) is 18.0 Å². The monoisotopic (exact) mass is 267 g/mol. The molecule has 0 saturated carbocycles. The summed E-state index contributed by atoms with van der Waals surface area (Å²) in [7, 11) is 0. The molecule has 1 aliphatic heterocycles. The second kappa shape index (κ2) is 6.68. The van der Waals surface area contributed by atoms with Crippen LogP contribution in [0.4, 0.5) is 0 Å². The second-order valence-electron chi connectivity index (χ2n) is 4.56. The van der Waals surface area contributed by atoms with Crippen LogP contribution in [-0.4, -0.2) is 59.6 Å². The van der Waals surface area contributed by atoms with E-state index in [-0.39, 0.29) is 12.1 Å². The van der Waals surface area contributed by atoms with E-state index in [1.165, 1.54) is 0 Å². The van der Waals surface area contributed by atoms with Crippen molar-refractivity contribution in [2.75, 3.05) is 32.8 Å². The molecule has 0 aliphatic carbocycles. The molecule has 1 aliphatic rings. The van der Waals surface area contributed by atoms with E-state index in [2.05, 4.69) is 16.9 Å². The molecule has 1 saturated heterocycles. The summed E-state index contributed by atoms with van der Waals surface area (Å²) in [6.07, 6.45) is 3.38. The summed E-state index contributed by atoms with van der Waals surface area (Å²) in [6.45, 7) is 8.66. The number of hydrogen-bond donors (Lipinski definition) is 0. The van der Waals surface area contributed by atoms with Gasteiger partial charge in [0.2, 0.25) is 0 Å². The molecule has 6 nitrogen and oxygen atoms in total. The fourth-order valence-corrected chi connectivity index (χ4v) is 2.17. The summed E-state index contributed by atoms with van der Waals surface area (Å²) in [5.41, 5.74) is 0.491. The van der Waals surface area contributed by atoms with Crippen LogP contribution in [0.25, 0.3) is 0 Å². The van der Waals surface area contributed by atoms with Gasteiger partial charge in [0.25, 0.3) is 0 Å². The molecule has 0 radical (unpaired) electrons. The van der Waals surface area contributed by atoms with E-state index in [9.17, 15) is 4.79 Å². The van der Waals surface area contributed by atoms with Crippen molar-refractivity contribution in [1.29, 1.82) is 0 Å². The highest BCUT2D eigenvalue weighted by Crippen LogP contribution is 2.08. The highest BCUT2D eigenvalue weighted by atomic mass is 16.5. The lowest BCUT2D eigenvalue weighted by atomic mass is 10.2. The summed E-state index contributed by atoms with van der Waals surface area (Å²) < 4.78 is 12.4. The Hall–Kier alpha value is -1.40. The van der Waals surface area contributed by atoms with Gasteiger partial charge in [-0.3, -0.25) is 9.58 Å². The van der Waals surface area contributed by atoms with Crippen LogP contribution in [0.3, 0.4) is 0 Å². The van der Waals surface area contributed by atoms with Crippen molar-refractivity contribution in [2.45, 2.75) is 26.5 Å². The molecule has 1 fully saturated rings. The number of likely N-dealkylation sites (N-methyl/N-ethyl adjacent to an activating group) is 1. The molecule has 0 aromatic carbocycles. The minimum atomic E-state index is -0.325. The van der Waals surface area contributed by atoms with E-state index in [4.69, 9.17) is 9.47 Å². The highest BCUT2D eigenvalue weighted by Gasteiger charge is 2.20. The van der Waals surface area contributed by atoms with Crippen LogP contribution in [0, 0.1) is 0 Å². The van der Waals surface area contributed by atoms with Crippen LogP contribution in [0.5, 0.6) is 0 Å². The maximum absolute atomic E-state index is 11.5. The number of esters is 1. The van der Waals surface area contributed by atoms with Gasteiger partial charge < -0.3 is 9.47 Å². The lowest BCUT2D eigenvalue weighted by Gasteiger charge is -2.31. The Morgan fingerprint density at radius 3 is 3.16 bits per heavy atom. The van der Waals surface area contributed by atoms with Gasteiger partial charge >= 0.3 is 5.97 Å². The third-order valence-electron chi connectivity index (χ3n) is 3.21. The molecule has 106 valence electrons. The van der Waals surface area contributed by atoms with Crippen LogP contribution in [-0.2, 0) is 16.0 Å². The van der Waals surface area contributed by atoms with E-state index in [0.717, 1.165) is 26.2 Å². The first-order valence-electron chi connectivity index (χ1n) is 6.76. The lowest BCUT2D eigenvalue weighted by molar-refractivity contribution is -0.0358. The predicted octanol–water partition coefficient (Wildman–Crippen LogP) is 0.780. The van der Waals surface area contributed by atoms with Crippen LogP contribution < -0.4 is 0 Å². The Labute approximate surface area is 113 Å². The molecule has 2 rings (SSSR count). The summed E-state index contributed by atoms with van der Waals surface area (Å²) in [5, 5.41) is 4.18. The van der Waals surface area contributed by atoms with Gasteiger partial charge in [0.05, 0.1) is 37.6 Å². The molecule has 19 heavy (non-hydrogen) atoms.